The normalized spacial score (nSPS) is 10.2. The van der Waals surface area contributed by atoms with Crippen LogP contribution in [0.5, 0.6) is 0 Å². The van der Waals surface area contributed by atoms with Crippen molar-refractivity contribution in [1.29, 1.82) is 0 Å². The summed E-state index contributed by atoms with van der Waals surface area (Å²) in [4.78, 5) is 14.4. The Hall–Kier alpha value is -1.39. The predicted octanol–water partition coefficient (Wildman–Crippen LogP) is 2.22. The van der Waals surface area contributed by atoms with Gasteiger partial charge in [-0.1, -0.05) is 11.6 Å². The highest BCUT2D eigenvalue weighted by atomic mass is 127. The quantitative estimate of drug-likeness (QED) is 0.408. The lowest BCUT2D eigenvalue weighted by Crippen LogP contribution is -2.18. The Labute approximate surface area is 135 Å². The smallest absolute Gasteiger partial charge is 0.243 e. The fraction of sp³-hybridized carbons (Fsp3) is 0.182. The molecule has 4 N–H and O–H groups in total. The lowest BCUT2D eigenvalue weighted by molar-refractivity contribution is 0.957. The van der Waals surface area contributed by atoms with Crippen molar-refractivity contribution in [2.24, 2.45) is 5.84 Å². The largest absolute Gasteiger partial charge is 0.347 e. The van der Waals surface area contributed by atoms with E-state index in [0.717, 1.165) is 9.26 Å². The minimum Gasteiger partial charge on any atom is -0.347 e. The number of benzene rings is 1. The number of nitrogens with zero attached hydrogens (tertiary/aromatic N) is 4. The van der Waals surface area contributed by atoms with Crippen LogP contribution < -0.4 is 21.5 Å². The van der Waals surface area contributed by atoms with E-state index in [0.29, 0.717) is 16.9 Å². The fourth-order valence-corrected chi connectivity index (χ4v) is 2.40. The third-order valence-electron chi connectivity index (χ3n) is 2.33. The van der Waals surface area contributed by atoms with Crippen LogP contribution in [0, 0.1) is 3.57 Å². The summed E-state index contributed by atoms with van der Waals surface area (Å²) in [7, 11) is 3.68. The topological polar surface area (TPSA) is 92.0 Å². The average molecular weight is 406 g/mol. The fourth-order valence-electron chi connectivity index (χ4n) is 1.40. The van der Waals surface area contributed by atoms with Crippen molar-refractivity contribution in [2.45, 2.75) is 0 Å². The van der Waals surface area contributed by atoms with E-state index in [4.69, 9.17) is 17.4 Å². The van der Waals surface area contributed by atoms with E-state index in [1.54, 1.807) is 11.0 Å². The molecule has 20 heavy (non-hydrogen) atoms. The van der Waals surface area contributed by atoms with E-state index in [-0.39, 0.29) is 5.95 Å². The van der Waals surface area contributed by atoms with E-state index in [1.807, 2.05) is 26.2 Å². The van der Waals surface area contributed by atoms with Gasteiger partial charge in [0.15, 0.2) is 0 Å². The summed E-state index contributed by atoms with van der Waals surface area (Å²) < 4.78 is 0.962. The molecule has 0 saturated carbocycles. The molecule has 0 saturated heterocycles. The van der Waals surface area contributed by atoms with Crippen LogP contribution in [0.1, 0.15) is 0 Å². The second-order valence-corrected chi connectivity index (χ2v) is 5.67. The number of nitrogen functional groups attached to an aromatic ring is 1. The molecule has 0 aliphatic carbocycles. The molecule has 0 spiro atoms. The lowest BCUT2D eigenvalue weighted by atomic mass is 10.3. The molecular weight excluding hydrogens is 393 g/mol. The van der Waals surface area contributed by atoms with Crippen molar-refractivity contribution < 1.29 is 0 Å². The van der Waals surface area contributed by atoms with Crippen LogP contribution in [-0.4, -0.2) is 29.0 Å². The van der Waals surface area contributed by atoms with Crippen LogP contribution in [-0.2, 0) is 0 Å². The van der Waals surface area contributed by atoms with Crippen molar-refractivity contribution in [2.75, 3.05) is 29.7 Å². The molecule has 1 aromatic heterocycles. The number of anilines is 4. The Morgan fingerprint density at radius 2 is 1.90 bits per heavy atom. The van der Waals surface area contributed by atoms with Gasteiger partial charge in [0.05, 0.1) is 5.69 Å². The monoisotopic (exact) mass is 405 g/mol. The van der Waals surface area contributed by atoms with Gasteiger partial charge in [0.2, 0.25) is 17.8 Å². The summed E-state index contributed by atoms with van der Waals surface area (Å²) in [6, 6.07) is 5.50. The van der Waals surface area contributed by atoms with Gasteiger partial charge in [-0.3, -0.25) is 5.43 Å². The maximum Gasteiger partial charge on any atom is 0.243 e. The van der Waals surface area contributed by atoms with Gasteiger partial charge in [0, 0.05) is 22.7 Å². The number of aromatic nitrogens is 3. The van der Waals surface area contributed by atoms with Crippen LogP contribution in [0.25, 0.3) is 0 Å². The Kier molecular flexibility index (Phi) is 4.78. The van der Waals surface area contributed by atoms with Crippen LogP contribution in [0.4, 0.5) is 23.5 Å². The summed E-state index contributed by atoms with van der Waals surface area (Å²) in [6.07, 6.45) is 0. The molecule has 106 valence electrons. The summed E-state index contributed by atoms with van der Waals surface area (Å²) in [5.74, 6) is 6.55. The number of halogens is 2. The predicted molar refractivity (Wildman–Crippen MR) is 89.4 cm³/mol. The molecule has 7 nitrogen and oxygen atoms in total. The van der Waals surface area contributed by atoms with Crippen molar-refractivity contribution in [1.82, 2.24) is 15.0 Å². The first-order valence-electron chi connectivity index (χ1n) is 5.61. The lowest BCUT2D eigenvalue weighted by Gasteiger charge is -2.13. The van der Waals surface area contributed by atoms with Gasteiger partial charge in [-0.05, 0) is 40.8 Å². The molecule has 2 rings (SSSR count). The molecule has 0 unspecified atom stereocenters. The first-order chi connectivity index (χ1) is 9.49. The maximum absolute atomic E-state index is 5.93. The highest BCUT2D eigenvalue weighted by Gasteiger charge is 2.09. The standard InChI is InChI=1S/C11H13ClIN7/c1-20(2)11-17-9(16-10(18-11)19-14)15-8-4-3-6(12)5-7(8)13/h3-5H,14H2,1-2H3,(H2,15,16,17,18,19). The van der Waals surface area contributed by atoms with Crippen LogP contribution in [0.15, 0.2) is 18.2 Å². The summed E-state index contributed by atoms with van der Waals surface area (Å²) >= 11 is 8.11. The van der Waals surface area contributed by atoms with Crippen molar-refractivity contribution in [3.63, 3.8) is 0 Å². The first-order valence-corrected chi connectivity index (χ1v) is 7.07. The van der Waals surface area contributed by atoms with Crippen molar-refractivity contribution >= 4 is 57.7 Å². The molecule has 0 fully saturated rings. The summed E-state index contributed by atoms with van der Waals surface area (Å²) in [5, 5.41) is 3.79. The van der Waals surface area contributed by atoms with Crippen LogP contribution >= 0.6 is 34.2 Å². The summed E-state index contributed by atoms with van der Waals surface area (Å²) in [6.45, 7) is 0. The molecule has 0 aliphatic heterocycles. The number of hydrogen-bond donors (Lipinski definition) is 3. The van der Waals surface area contributed by atoms with E-state index < -0.39 is 0 Å². The van der Waals surface area contributed by atoms with Gasteiger partial charge >= 0.3 is 0 Å². The van der Waals surface area contributed by atoms with E-state index in [9.17, 15) is 0 Å². The van der Waals surface area contributed by atoms with Crippen molar-refractivity contribution in [3.05, 3.63) is 26.8 Å². The van der Waals surface area contributed by atoms with E-state index in [2.05, 4.69) is 48.3 Å². The van der Waals surface area contributed by atoms with Gasteiger partial charge in [0.25, 0.3) is 0 Å². The Morgan fingerprint density at radius 3 is 2.50 bits per heavy atom. The third-order valence-corrected chi connectivity index (χ3v) is 3.46. The van der Waals surface area contributed by atoms with Gasteiger partial charge in [-0.25, -0.2) is 5.84 Å². The second kappa shape index (κ2) is 6.37. The molecule has 0 amide bonds. The number of hydrogen-bond acceptors (Lipinski definition) is 7. The highest BCUT2D eigenvalue weighted by molar-refractivity contribution is 14.1. The van der Waals surface area contributed by atoms with Gasteiger partial charge in [-0.2, -0.15) is 15.0 Å². The molecule has 0 atom stereocenters. The number of nitrogens with one attached hydrogen (secondary N) is 2. The minimum absolute atomic E-state index is 0.287. The molecule has 0 aliphatic rings. The first kappa shape index (κ1) is 15.0. The number of nitrogens with two attached hydrogens (primary N) is 1. The van der Waals surface area contributed by atoms with E-state index in [1.165, 1.54) is 0 Å². The Bertz CT molecular complexity index is 620. The van der Waals surface area contributed by atoms with Gasteiger partial charge in [0.1, 0.15) is 0 Å². The third kappa shape index (κ3) is 3.58. The zero-order chi connectivity index (χ0) is 14.7. The molecule has 9 heteroatoms. The average Bonchev–Trinajstić information content (AvgIpc) is 2.41. The second-order valence-electron chi connectivity index (χ2n) is 4.07. The number of rotatable bonds is 4. The molecule has 1 aromatic carbocycles. The van der Waals surface area contributed by atoms with Gasteiger partial charge < -0.3 is 10.2 Å². The van der Waals surface area contributed by atoms with E-state index >= 15 is 0 Å². The SMILES string of the molecule is CN(C)c1nc(NN)nc(Nc2ccc(Cl)cc2I)n1. The minimum atomic E-state index is 0.287. The molecule has 1 heterocycles. The Balaban J connectivity index is 2.34. The number of hydrazine groups is 1. The zero-order valence-electron chi connectivity index (χ0n) is 10.9. The van der Waals surface area contributed by atoms with Crippen molar-refractivity contribution in [3.8, 4) is 0 Å². The van der Waals surface area contributed by atoms with Gasteiger partial charge in [-0.15, -0.1) is 0 Å². The Morgan fingerprint density at radius 1 is 1.20 bits per heavy atom. The van der Waals surface area contributed by atoms with Crippen LogP contribution in [0.2, 0.25) is 5.02 Å². The van der Waals surface area contributed by atoms with Crippen LogP contribution in [0.3, 0.4) is 0 Å². The molecular formula is C11H13ClIN7. The molecule has 2 aromatic rings. The maximum atomic E-state index is 5.93. The highest BCUT2D eigenvalue weighted by Crippen LogP contribution is 2.25. The zero-order valence-corrected chi connectivity index (χ0v) is 13.8. The molecule has 0 bridgehead atoms. The molecule has 0 radical (unpaired) electrons. The summed E-state index contributed by atoms with van der Waals surface area (Å²) in [5.41, 5.74) is 3.28.